The second kappa shape index (κ2) is 7.74. The molecule has 8 heteroatoms. The Hall–Kier alpha value is -0.320. The molecule has 0 saturated carbocycles. The van der Waals surface area contributed by atoms with Gasteiger partial charge in [0.2, 0.25) is 0 Å². The van der Waals surface area contributed by atoms with E-state index < -0.39 is 17.9 Å². The summed E-state index contributed by atoms with van der Waals surface area (Å²) in [5.41, 5.74) is 0. The minimum atomic E-state index is -0.692. The molecular formula is C20H36NO7+. The molecule has 4 heterocycles. The molecule has 0 N–H and O–H groups in total. The van der Waals surface area contributed by atoms with Crippen molar-refractivity contribution in [1.82, 2.24) is 0 Å². The third-order valence-electron chi connectivity index (χ3n) is 6.07. The molecule has 4 saturated heterocycles. The standard InChI is InChI=1S/C20H36NO7/c1-19(2)25-15-14(13-23-10-6-7-21(5)8-11-22-12-9-21)24-18-17(16(15)26-19)27-20(3,4)28-18/h14-18H,6-13H2,1-5H3/q+1. The van der Waals surface area contributed by atoms with Crippen LogP contribution in [-0.4, -0.2) is 99.9 Å². The van der Waals surface area contributed by atoms with Gasteiger partial charge in [0, 0.05) is 6.42 Å². The van der Waals surface area contributed by atoms with Crippen molar-refractivity contribution in [1.29, 1.82) is 0 Å². The Morgan fingerprint density at radius 3 is 2.29 bits per heavy atom. The second-order valence-electron chi connectivity index (χ2n) is 9.54. The Labute approximate surface area is 167 Å². The fraction of sp³-hybridized carbons (Fsp3) is 1.00. The average molecular weight is 403 g/mol. The fourth-order valence-electron chi connectivity index (χ4n) is 4.58. The minimum absolute atomic E-state index is 0.220. The second-order valence-corrected chi connectivity index (χ2v) is 9.54. The van der Waals surface area contributed by atoms with Gasteiger partial charge in [0.15, 0.2) is 17.9 Å². The molecular weight excluding hydrogens is 366 g/mol. The lowest BCUT2D eigenvalue weighted by atomic mass is 9.99. The first-order valence-corrected chi connectivity index (χ1v) is 10.5. The molecule has 8 nitrogen and oxygen atoms in total. The maximum absolute atomic E-state index is 6.17. The van der Waals surface area contributed by atoms with E-state index in [1.807, 2.05) is 27.7 Å². The van der Waals surface area contributed by atoms with Gasteiger partial charge in [-0.3, -0.25) is 0 Å². The van der Waals surface area contributed by atoms with Crippen molar-refractivity contribution >= 4 is 0 Å². The van der Waals surface area contributed by atoms with E-state index in [1.165, 1.54) is 0 Å². The zero-order chi connectivity index (χ0) is 20.0. The summed E-state index contributed by atoms with van der Waals surface area (Å²) in [4.78, 5) is 0. The van der Waals surface area contributed by atoms with Crippen molar-refractivity contribution in [2.75, 3.05) is 53.1 Å². The number of hydrogen-bond acceptors (Lipinski definition) is 7. The van der Waals surface area contributed by atoms with Crippen molar-refractivity contribution in [2.45, 2.75) is 76.4 Å². The molecule has 5 atom stereocenters. The Kier molecular flexibility index (Phi) is 5.79. The van der Waals surface area contributed by atoms with Gasteiger partial charge in [-0.1, -0.05) is 0 Å². The smallest absolute Gasteiger partial charge is 0.190 e. The van der Waals surface area contributed by atoms with Gasteiger partial charge in [-0.2, -0.15) is 0 Å². The summed E-state index contributed by atoms with van der Waals surface area (Å²) in [6.45, 7) is 13.7. The maximum atomic E-state index is 6.17. The van der Waals surface area contributed by atoms with E-state index in [2.05, 4.69) is 7.05 Å². The van der Waals surface area contributed by atoms with Gasteiger partial charge < -0.3 is 37.6 Å². The molecule has 4 fully saturated rings. The van der Waals surface area contributed by atoms with Crippen LogP contribution in [-0.2, 0) is 33.2 Å². The Morgan fingerprint density at radius 2 is 1.54 bits per heavy atom. The molecule has 4 aliphatic rings. The quantitative estimate of drug-likeness (QED) is 0.490. The first-order valence-electron chi connectivity index (χ1n) is 10.5. The molecule has 0 radical (unpaired) electrons. The number of ether oxygens (including phenoxy) is 7. The molecule has 28 heavy (non-hydrogen) atoms. The predicted molar refractivity (Wildman–Crippen MR) is 99.6 cm³/mol. The lowest BCUT2D eigenvalue weighted by Gasteiger charge is -2.38. The van der Waals surface area contributed by atoms with Gasteiger partial charge in [0.1, 0.15) is 37.5 Å². The summed E-state index contributed by atoms with van der Waals surface area (Å²) in [5.74, 6) is -1.36. The first-order chi connectivity index (χ1) is 13.2. The molecule has 0 aromatic carbocycles. The first kappa shape index (κ1) is 20.9. The summed E-state index contributed by atoms with van der Waals surface area (Å²) in [7, 11) is 2.29. The van der Waals surface area contributed by atoms with Crippen molar-refractivity contribution in [2.24, 2.45) is 0 Å². The molecule has 0 bridgehead atoms. The highest BCUT2D eigenvalue weighted by molar-refractivity contribution is 5.00. The lowest BCUT2D eigenvalue weighted by Crippen LogP contribution is -2.56. The topological polar surface area (TPSA) is 64.6 Å². The SMILES string of the molecule is CC1(C)OC2OC(COCCC[N+]3(C)CCOCC3)C3OC(C)(C)OC3C2O1. The third-order valence-corrected chi connectivity index (χ3v) is 6.07. The molecule has 4 rings (SSSR count). The summed E-state index contributed by atoms with van der Waals surface area (Å²) in [6.07, 6.45) is -0.416. The number of morpholine rings is 1. The van der Waals surface area contributed by atoms with Crippen LogP contribution in [0.25, 0.3) is 0 Å². The van der Waals surface area contributed by atoms with E-state index in [9.17, 15) is 0 Å². The Morgan fingerprint density at radius 1 is 0.893 bits per heavy atom. The van der Waals surface area contributed by atoms with Crippen LogP contribution in [0.3, 0.4) is 0 Å². The zero-order valence-corrected chi connectivity index (χ0v) is 17.8. The molecule has 0 aliphatic carbocycles. The van der Waals surface area contributed by atoms with E-state index in [4.69, 9.17) is 33.2 Å². The molecule has 0 amide bonds. The number of fused-ring (bicyclic) bond motifs is 3. The summed E-state index contributed by atoms with van der Waals surface area (Å²) in [6, 6.07) is 0. The fourth-order valence-corrected chi connectivity index (χ4v) is 4.58. The highest BCUT2D eigenvalue weighted by Gasteiger charge is 2.60. The molecule has 0 spiro atoms. The van der Waals surface area contributed by atoms with Crippen LogP contribution in [0.1, 0.15) is 34.1 Å². The lowest BCUT2D eigenvalue weighted by molar-refractivity contribution is -0.917. The van der Waals surface area contributed by atoms with Gasteiger partial charge in [-0.15, -0.1) is 0 Å². The largest absolute Gasteiger partial charge is 0.378 e. The molecule has 5 unspecified atom stereocenters. The highest BCUT2D eigenvalue weighted by atomic mass is 16.9. The van der Waals surface area contributed by atoms with E-state index >= 15 is 0 Å². The summed E-state index contributed by atoms with van der Waals surface area (Å²) < 4.78 is 42.9. The van der Waals surface area contributed by atoms with Gasteiger partial charge in [0.25, 0.3) is 0 Å². The van der Waals surface area contributed by atoms with Crippen molar-refractivity contribution in [3.63, 3.8) is 0 Å². The van der Waals surface area contributed by atoms with Crippen LogP contribution in [0.15, 0.2) is 0 Å². The van der Waals surface area contributed by atoms with Crippen LogP contribution < -0.4 is 0 Å². The number of quaternary nitrogens is 1. The molecule has 162 valence electrons. The third kappa shape index (κ3) is 4.54. The number of nitrogens with zero attached hydrogens (tertiary/aromatic N) is 1. The van der Waals surface area contributed by atoms with Crippen molar-refractivity contribution < 1.29 is 37.6 Å². The van der Waals surface area contributed by atoms with Gasteiger partial charge >= 0.3 is 0 Å². The van der Waals surface area contributed by atoms with E-state index in [0.29, 0.717) is 13.2 Å². The van der Waals surface area contributed by atoms with E-state index in [0.717, 1.165) is 43.8 Å². The van der Waals surface area contributed by atoms with Crippen LogP contribution in [0, 0.1) is 0 Å². The summed E-state index contributed by atoms with van der Waals surface area (Å²) >= 11 is 0. The Bertz CT molecular complexity index is 549. The number of rotatable bonds is 6. The normalized spacial score (nSPS) is 40.8. The number of likely N-dealkylation sites (N-methyl/N-ethyl adjacent to an activating group) is 1. The highest BCUT2D eigenvalue weighted by Crippen LogP contribution is 2.44. The monoisotopic (exact) mass is 402 g/mol. The van der Waals surface area contributed by atoms with Crippen LogP contribution in [0.4, 0.5) is 0 Å². The molecule has 0 aromatic heterocycles. The predicted octanol–water partition coefficient (Wildman–Crippen LogP) is 1.27. The van der Waals surface area contributed by atoms with Crippen LogP contribution in [0.5, 0.6) is 0 Å². The van der Waals surface area contributed by atoms with Crippen molar-refractivity contribution in [3.8, 4) is 0 Å². The van der Waals surface area contributed by atoms with E-state index in [-0.39, 0.29) is 24.4 Å². The molecule has 0 aromatic rings. The maximum Gasteiger partial charge on any atom is 0.190 e. The summed E-state index contributed by atoms with van der Waals surface area (Å²) in [5, 5.41) is 0. The zero-order valence-electron chi connectivity index (χ0n) is 17.8. The van der Waals surface area contributed by atoms with Crippen molar-refractivity contribution in [3.05, 3.63) is 0 Å². The number of hydrogen-bond donors (Lipinski definition) is 0. The average Bonchev–Trinajstić information content (AvgIpc) is 3.09. The van der Waals surface area contributed by atoms with E-state index in [1.54, 1.807) is 0 Å². The Balaban J connectivity index is 1.29. The van der Waals surface area contributed by atoms with Gasteiger partial charge in [-0.25, -0.2) is 0 Å². The van der Waals surface area contributed by atoms with Gasteiger partial charge in [-0.05, 0) is 27.7 Å². The molecule has 4 aliphatic heterocycles. The van der Waals surface area contributed by atoms with Crippen LogP contribution >= 0.6 is 0 Å². The van der Waals surface area contributed by atoms with Crippen LogP contribution in [0.2, 0.25) is 0 Å². The minimum Gasteiger partial charge on any atom is -0.378 e. The van der Waals surface area contributed by atoms with Gasteiger partial charge in [0.05, 0.1) is 40.0 Å².